The number of aryl methyl sites for hydroxylation is 1. The fourth-order valence-corrected chi connectivity index (χ4v) is 2.69. The van der Waals surface area contributed by atoms with Gasteiger partial charge in [0.05, 0.1) is 0 Å². The molecule has 6 nitrogen and oxygen atoms in total. The number of likely N-dealkylation sites (tertiary alicyclic amines) is 1. The number of carbonyl (C=O) groups is 2. The van der Waals surface area contributed by atoms with Gasteiger partial charge in [-0.05, 0) is 26.2 Å². The number of amides is 1. The number of piperidine rings is 1. The summed E-state index contributed by atoms with van der Waals surface area (Å²) in [6, 6.07) is 0. The summed E-state index contributed by atoms with van der Waals surface area (Å²) in [5.41, 5.74) is 0. The zero-order valence-electron chi connectivity index (χ0n) is 13.5. The lowest BCUT2D eigenvalue weighted by atomic mass is 9.96. The Morgan fingerprint density at radius 2 is 2.00 bits per heavy atom. The molecule has 6 heteroatoms. The first-order chi connectivity index (χ1) is 10.6. The normalized spacial score (nSPS) is 16.0. The van der Waals surface area contributed by atoms with Crippen LogP contribution < -0.4 is 0 Å². The minimum absolute atomic E-state index is 0.0636. The fourth-order valence-electron chi connectivity index (χ4n) is 2.69. The number of hydrogen-bond donors (Lipinski definition) is 0. The van der Waals surface area contributed by atoms with Crippen LogP contribution in [0.5, 0.6) is 0 Å². The number of Topliss-reactive ketones (excluding diaryl/α,β-unsaturated/α-hetero) is 1. The Labute approximate surface area is 131 Å². The summed E-state index contributed by atoms with van der Waals surface area (Å²) < 4.78 is 5.37. The molecule has 0 saturated carbocycles. The van der Waals surface area contributed by atoms with Crippen LogP contribution in [-0.2, 0) is 16.0 Å². The van der Waals surface area contributed by atoms with Gasteiger partial charge in [0.2, 0.25) is 11.8 Å². The SMILES string of the molecule is CCCCc1noc(C2CCN(C(=O)CCC(C)=O)CC2)n1. The second-order valence-corrected chi connectivity index (χ2v) is 6.01. The average Bonchev–Trinajstić information content (AvgIpc) is 2.99. The Balaban J connectivity index is 1.80. The highest BCUT2D eigenvalue weighted by Crippen LogP contribution is 2.27. The van der Waals surface area contributed by atoms with Crippen molar-refractivity contribution in [1.29, 1.82) is 0 Å². The third-order valence-electron chi connectivity index (χ3n) is 4.13. The third-order valence-corrected chi connectivity index (χ3v) is 4.13. The van der Waals surface area contributed by atoms with Crippen LogP contribution in [0.1, 0.15) is 70.0 Å². The molecular weight excluding hydrogens is 282 g/mol. The lowest BCUT2D eigenvalue weighted by Crippen LogP contribution is -2.38. The van der Waals surface area contributed by atoms with Gasteiger partial charge in [0.1, 0.15) is 5.78 Å². The van der Waals surface area contributed by atoms with Crippen molar-refractivity contribution in [3.8, 4) is 0 Å². The molecule has 0 spiro atoms. The first kappa shape index (κ1) is 16.6. The second kappa shape index (κ2) is 8.06. The zero-order chi connectivity index (χ0) is 15.9. The lowest BCUT2D eigenvalue weighted by Gasteiger charge is -2.30. The van der Waals surface area contributed by atoms with Gasteiger partial charge in [0.25, 0.3) is 0 Å². The van der Waals surface area contributed by atoms with Gasteiger partial charge >= 0.3 is 0 Å². The molecule has 1 aliphatic heterocycles. The summed E-state index contributed by atoms with van der Waals surface area (Å²) in [6.07, 6.45) is 5.41. The maximum absolute atomic E-state index is 12.0. The Kier molecular flexibility index (Phi) is 6.10. The number of carbonyl (C=O) groups excluding carboxylic acids is 2. The second-order valence-electron chi connectivity index (χ2n) is 6.01. The molecule has 2 heterocycles. The van der Waals surface area contributed by atoms with Crippen molar-refractivity contribution in [2.45, 2.75) is 64.7 Å². The number of rotatable bonds is 7. The van der Waals surface area contributed by atoms with Crippen LogP contribution >= 0.6 is 0 Å². The van der Waals surface area contributed by atoms with Gasteiger partial charge < -0.3 is 14.2 Å². The van der Waals surface area contributed by atoms with E-state index in [2.05, 4.69) is 17.1 Å². The summed E-state index contributed by atoms with van der Waals surface area (Å²) in [5, 5.41) is 4.03. The predicted octanol–water partition coefficient (Wildman–Crippen LogP) is 2.49. The summed E-state index contributed by atoms with van der Waals surface area (Å²) >= 11 is 0. The van der Waals surface area contributed by atoms with Crippen molar-refractivity contribution in [2.24, 2.45) is 0 Å². The van der Waals surface area contributed by atoms with Crippen molar-refractivity contribution < 1.29 is 14.1 Å². The summed E-state index contributed by atoms with van der Waals surface area (Å²) in [5.74, 6) is 1.88. The lowest BCUT2D eigenvalue weighted by molar-refractivity contribution is -0.134. The number of ketones is 1. The molecule has 1 aromatic rings. The summed E-state index contributed by atoms with van der Waals surface area (Å²) in [4.78, 5) is 29.3. The van der Waals surface area contributed by atoms with Crippen molar-refractivity contribution in [1.82, 2.24) is 15.0 Å². The van der Waals surface area contributed by atoms with Crippen molar-refractivity contribution in [2.75, 3.05) is 13.1 Å². The van der Waals surface area contributed by atoms with E-state index in [1.807, 2.05) is 4.90 Å². The molecule has 1 aliphatic rings. The first-order valence-electron chi connectivity index (χ1n) is 8.19. The molecule has 1 fully saturated rings. The minimum Gasteiger partial charge on any atom is -0.343 e. The Bertz CT molecular complexity index is 504. The quantitative estimate of drug-likeness (QED) is 0.773. The highest BCUT2D eigenvalue weighted by Gasteiger charge is 2.27. The third kappa shape index (κ3) is 4.64. The van der Waals surface area contributed by atoms with E-state index in [9.17, 15) is 9.59 Å². The molecule has 1 aromatic heterocycles. The van der Waals surface area contributed by atoms with Gasteiger partial charge in [0, 0.05) is 38.3 Å². The fraction of sp³-hybridized carbons (Fsp3) is 0.750. The van der Waals surface area contributed by atoms with Crippen LogP contribution in [0.2, 0.25) is 0 Å². The summed E-state index contributed by atoms with van der Waals surface area (Å²) in [7, 11) is 0. The maximum atomic E-state index is 12.0. The molecule has 0 radical (unpaired) electrons. The molecule has 122 valence electrons. The Hall–Kier alpha value is -1.72. The van der Waals surface area contributed by atoms with E-state index in [4.69, 9.17) is 4.52 Å². The number of aromatic nitrogens is 2. The van der Waals surface area contributed by atoms with E-state index in [1.165, 1.54) is 6.92 Å². The molecule has 1 saturated heterocycles. The van der Waals surface area contributed by atoms with Crippen molar-refractivity contribution >= 4 is 11.7 Å². The highest BCUT2D eigenvalue weighted by atomic mass is 16.5. The van der Waals surface area contributed by atoms with Crippen molar-refractivity contribution in [3.63, 3.8) is 0 Å². The molecule has 1 amide bonds. The van der Waals surface area contributed by atoms with Crippen LogP contribution in [0.15, 0.2) is 4.52 Å². The van der Waals surface area contributed by atoms with Crippen LogP contribution in [-0.4, -0.2) is 39.8 Å². The minimum atomic E-state index is 0.0636. The van der Waals surface area contributed by atoms with Gasteiger partial charge in [-0.3, -0.25) is 4.79 Å². The standard InChI is InChI=1S/C16H25N3O3/c1-3-4-5-14-17-16(22-18-14)13-8-10-19(11-9-13)15(21)7-6-12(2)20/h13H,3-11H2,1-2H3. The largest absolute Gasteiger partial charge is 0.343 e. The molecule has 0 unspecified atom stereocenters. The predicted molar refractivity (Wildman–Crippen MR) is 81.4 cm³/mol. The smallest absolute Gasteiger partial charge is 0.229 e. The van der Waals surface area contributed by atoms with Crippen LogP contribution in [0.25, 0.3) is 0 Å². The highest BCUT2D eigenvalue weighted by molar-refractivity contribution is 5.83. The molecule has 2 rings (SSSR count). The van der Waals surface area contributed by atoms with E-state index in [-0.39, 0.29) is 17.6 Å². The average molecular weight is 307 g/mol. The number of unbranched alkanes of at least 4 members (excludes halogenated alkanes) is 1. The van der Waals surface area contributed by atoms with E-state index >= 15 is 0 Å². The van der Waals surface area contributed by atoms with E-state index in [0.29, 0.717) is 31.8 Å². The zero-order valence-corrected chi connectivity index (χ0v) is 13.5. The molecule has 0 aliphatic carbocycles. The molecule has 22 heavy (non-hydrogen) atoms. The monoisotopic (exact) mass is 307 g/mol. The Morgan fingerprint density at radius 3 is 2.64 bits per heavy atom. The molecule has 0 bridgehead atoms. The molecule has 0 atom stereocenters. The van der Waals surface area contributed by atoms with Gasteiger partial charge in [-0.25, -0.2) is 0 Å². The maximum Gasteiger partial charge on any atom is 0.229 e. The molecule has 0 aromatic carbocycles. The van der Waals surface area contributed by atoms with Crippen LogP contribution in [0.4, 0.5) is 0 Å². The van der Waals surface area contributed by atoms with Crippen molar-refractivity contribution in [3.05, 3.63) is 11.7 Å². The van der Waals surface area contributed by atoms with Crippen LogP contribution in [0.3, 0.4) is 0 Å². The topological polar surface area (TPSA) is 76.3 Å². The van der Waals surface area contributed by atoms with Gasteiger partial charge in [-0.15, -0.1) is 0 Å². The van der Waals surface area contributed by atoms with Crippen LogP contribution in [0, 0.1) is 0 Å². The Morgan fingerprint density at radius 1 is 1.27 bits per heavy atom. The van der Waals surface area contributed by atoms with Gasteiger partial charge in [-0.2, -0.15) is 4.98 Å². The number of hydrogen-bond acceptors (Lipinski definition) is 5. The molecular formula is C16H25N3O3. The van der Waals surface area contributed by atoms with Gasteiger partial charge in [0.15, 0.2) is 5.82 Å². The summed E-state index contributed by atoms with van der Waals surface area (Å²) in [6.45, 7) is 5.06. The number of nitrogens with zero attached hydrogens (tertiary/aromatic N) is 3. The molecule has 0 N–H and O–H groups in total. The van der Waals surface area contributed by atoms with E-state index < -0.39 is 0 Å². The first-order valence-corrected chi connectivity index (χ1v) is 8.19. The van der Waals surface area contributed by atoms with Gasteiger partial charge in [-0.1, -0.05) is 18.5 Å². The van der Waals surface area contributed by atoms with E-state index in [1.54, 1.807) is 0 Å². The van der Waals surface area contributed by atoms with E-state index in [0.717, 1.165) is 37.9 Å².